The highest BCUT2D eigenvalue weighted by atomic mass is 32.2. The molecule has 0 bridgehead atoms. The van der Waals surface area contributed by atoms with Crippen molar-refractivity contribution in [3.05, 3.63) is 41.5 Å². The van der Waals surface area contributed by atoms with Crippen LogP contribution in [0.1, 0.15) is 30.9 Å². The molecule has 0 aliphatic carbocycles. The molecule has 0 N–H and O–H groups in total. The standard InChI is InChI=1S/C19H22N2O5S/c1-2-10-21(17-9-11-27(24,25)14-17)18(22)13-26-19(23)8-7-15-3-5-16(12-20)6-4-15/h3-8,17H,2,9-11,13-14H2,1H3/b8-7+/t17-/m0/s1. The Morgan fingerprint density at radius 2 is 2.04 bits per heavy atom. The van der Waals surface area contributed by atoms with Gasteiger partial charge in [0.25, 0.3) is 5.91 Å². The van der Waals surface area contributed by atoms with E-state index in [2.05, 4.69) is 0 Å². The number of ether oxygens (including phenoxy) is 1. The molecule has 1 amide bonds. The zero-order valence-corrected chi connectivity index (χ0v) is 15.9. The third-order valence-corrected chi connectivity index (χ3v) is 5.97. The lowest BCUT2D eigenvalue weighted by molar-refractivity contribution is -0.149. The summed E-state index contributed by atoms with van der Waals surface area (Å²) in [5.74, 6) is -1.01. The van der Waals surface area contributed by atoms with E-state index in [9.17, 15) is 18.0 Å². The SMILES string of the molecule is CCCN(C(=O)COC(=O)/C=C/c1ccc(C#N)cc1)[C@H]1CCS(=O)(=O)C1. The fourth-order valence-electron chi connectivity index (χ4n) is 2.87. The van der Waals surface area contributed by atoms with Crippen molar-refractivity contribution < 1.29 is 22.7 Å². The first kappa shape index (κ1) is 20.6. The molecule has 1 aliphatic heterocycles. The molecule has 1 heterocycles. The van der Waals surface area contributed by atoms with E-state index in [0.29, 0.717) is 24.9 Å². The number of hydrogen-bond donors (Lipinski definition) is 0. The topological polar surface area (TPSA) is 105 Å². The van der Waals surface area contributed by atoms with Gasteiger partial charge in [-0.3, -0.25) is 4.79 Å². The van der Waals surface area contributed by atoms with Crippen LogP contribution in [0.5, 0.6) is 0 Å². The molecular weight excluding hydrogens is 368 g/mol. The summed E-state index contributed by atoms with van der Waals surface area (Å²) >= 11 is 0. The van der Waals surface area contributed by atoms with Gasteiger partial charge in [-0.2, -0.15) is 5.26 Å². The van der Waals surface area contributed by atoms with E-state index in [0.717, 1.165) is 5.56 Å². The van der Waals surface area contributed by atoms with Crippen LogP contribution in [0, 0.1) is 11.3 Å². The molecule has 27 heavy (non-hydrogen) atoms. The van der Waals surface area contributed by atoms with Gasteiger partial charge in [-0.25, -0.2) is 13.2 Å². The van der Waals surface area contributed by atoms with E-state index in [4.69, 9.17) is 10.00 Å². The molecule has 1 fully saturated rings. The van der Waals surface area contributed by atoms with E-state index >= 15 is 0 Å². The average Bonchev–Trinajstić information content (AvgIpc) is 3.02. The summed E-state index contributed by atoms with van der Waals surface area (Å²) in [5, 5.41) is 8.75. The molecule has 1 aromatic carbocycles. The Morgan fingerprint density at radius 3 is 2.59 bits per heavy atom. The number of carbonyl (C=O) groups excluding carboxylic acids is 2. The molecule has 0 unspecified atom stereocenters. The van der Waals surface area contributed by atoms with Gasteiger partial charge in [0.15, 0.2) is 16.4 Å². The summed E-state index contributed by atoms with van der Waals surface area (Å²) in [4.78, 5) is 25.7. The zero-order valence-electron chi connectivity index (χ0n) is 15.1. The van der Waals surface area contributed by atoms with E-state index in [1.807, 2.05) is 13.0 Å². The predicted octanol–water partition coefficient (Wildman–Crippen LogP) is 1.54. The van der Waals surface area contributed by atoms with Gasteiger partial charge in [-0.1, -0.05) is 19.1 Å². The third kappa shape index (κ3) is 6.22. The number of rotatable bonds is 7. The Bertz CT molecular complexity index is 853. The summed E-state index contributed by atoms with van der Waals surface area (Å²) in [6, 6.07) is 8.30. The molecule has 2 rings (SSSR count). The minimum absolute atomic E-state index is 0.0364. The van der Waals surface area contributed by atoms with Gasteiger partial charge in [-0.15, -0.1) is 0 Å². The first-order valence-electron chi connectivity index (χ1n) is 8.69. The number of carbonyl (C=O) groups is 2. The maximum Gasteiger partial charge on any atom is 0.331 e. The second-order valence-electron chi connectivity index (χ2n) is 6.32. The normalized spacial score (nSPS) is 18.1. The van der Waals surface area contributed by atoms with Gasteiger partial charge in [0.05, 0.1) is 23.1 Å². The molecule has 1 saturated heterocycles. The Kier molecular flexibility index (Phi) is 7.13. The van der Waals surface area contributed by atoms with E-state index in [-0.39, 0.29) is 23.5 Å². The molecule has 0 saturated carbocycles. The summed E-state index contributed by atoms with van der Waals surface area (Å²) in [6.45, 7) is 1.90. The number of nitrogens with zero attached hydrogens (tertiary/aromatic N) is 2. The molecule has 1 atom stereocenters. The highest BCUT2D eigenvalue weighted by molar-refractivity contribution is 7.91. The lowest BCUT2D eigenvalue weighted by atomic mass is 10.1. The molecular formula is C19H22N2O5S. The van der Waals surface area contributed by atoms with Gasteiger partial charge < -0.3 is 9.64 Å². The van der Waals surface area contributed by atoms with Crippen molar-refractivity contribution in [2.24, 2.45) is 0 Å². The van der Waals surface area contributed by atoms with Crippen LogP contribution < -0.4 is 0 Å². The van der Waals surface area contributed by atoms with Gasteiger partial charge in [0, 0.05) is 18.7 Å². The first-order chi connectivity index (χ1) is 12.8. The fraction of sp³-hybridized carbons (Fsp3) is 0.421. The molecule has 0 spiro atoms. The van der Waals surface area contributed by atoms with E-state index in [1.54, 1.807) is 24.3 Å². The van der Waals surface area contributed by atoms with Crippen molar-refractivity contribution in [3.63, 3.8) is 0 Å². The van der Waals surface area contributed by atoms with Crippen LogP contribution in [0.25, 0.3) is 6.08 Å². The lowest BCUT2D eigenvalue weighted by Gasteiger charge is -2.27. The van der Waals surface area contributed by atoms with Crippen LogP contribution >= 0.6 is 0 Å². The van der Waals surface area contributed by atoms with Crippen molar-refractivity contribution >= 4 is 27.8 Å². The number of sulfone groups is 1. The van der Waals surface area contributed by atoms with Gasteiger partial charge in [0.2, 0.25) is 0 Å². The maximum absolute atomic E-state index is 12.4. The molecule has 1 aliphatic rings. The number of nitriles is 1. The molecule has 0 aromatic heterocycles. The summed E-state index contributed by atoms with van der Waals surface area (Å²) in [5.41, 5.74) is 1.24. The van der Waals surface area contributed by atoms with Crippen molar-refractivity contribution in [1.82, 2.24) is 4.90 Å². The minimum Gasteiger partial charge on any atom is -0.452 e. The van der Waals surface area contributed by atoms with Crippen molar-refractivity contribution in [2.75, 3.05) is 24.7 Å². The minimum atomic E-state index is -3.10. The number of esters is 1. The van der Waals surface area contributed by atoms with Crippen LogP contribution in [-0.2, 0) is 24.2 Å². The van der Waals surface area contributed by atoms with Crippen molar-refractivity contribution in [1.29, 1.82) is 5.26 Å². The van der Waals surface area contributed by atoms with Crippen LogP contribution in [0.4, 0.5) is 0 Å². The Morgan fingerprint density at radius 1 is 1.33 bits per heavy atom. The summed E-state index contributed by atoms with van der Waals surface area (Å²) in [6.07, 6.45) is 3.84. The third-order valence-electron chi connectivity index (χ3n) is 4.22. The highest BCUT2D eigenvalue weighted by Crippen LogP contribution is 2.18. The van der Waals surface area contributed by atoms with Gasteiger partial charge in [0.1, 0.15) is 0 Å². The largest absolute Gasteiger partial charge is 0.452 e. The zero-order chi connectivity index (χ0) is 19.9. The second-order valence-corrected chi connectivity index (χ2v) is 8.55. The van der Waals surface area contributed by atoms with E-state index in [1.165, 1.54) is 17.1 Å². The predicted molar refractivity (Wildman–Crippen MR) is 100 cm³/mol. The number of benzene rings is 1. The smallest absolute Gasteiger partial charge is 0.331 e. The molecule has 8 heteroatoms. The number of hydrogen-bond acceptors (Lipinski definition) is 6. The summed E-state index contributed by atoms with van der Waals surface area (Å²) < 4.78 is 28.3. The van der Waals surface area contributed by atoms with Crippen molar-refractivity contribution in [3.8, 4) is 6.07 Å². The molecule has 0 radical (unpaired) electrons. The molecule has 1 aromatic rings. The van der Waals surface area contributed by atoms with Gasteiger partial charge >= 0.3 is 5.97 Å². The average molecular weight is 390 g/mol. The van der Waals surface area contributed by atoms with Crippen LogP contribution in [0.15, 0.2) is 30.3 Å². The quantitative estimate of drug-likeness (QED) is 0.517. The van der Waals surface area contributed by atoms with E-state index < -0.39 is 22.4 Å². The lowest BCUT2D eigenvalue weighted by Crippen LogP contribution is -2.43. The Balaban J connectivity index is 1.89. The fourth-order valence-corrected chi connectivity index (χ4v) is 4.60. The highest BCUT2D eigenvalue weighted by Gasteiger charge is 2.34. The van der Waals surface area contributed by atoms with Gasteiger partial charge in [-0.05, 0) is 36.6 Å². The molecule has 7 nitrogen and oxygen atoms in total. The monoisotopic (exact) mass is 390 g/mol. The van der Waals surface area contributed by atoms with Crippen LogP contribution in [0.3, 0.4) is 0 Å². The Hall–Kier alpha value is -2.66. The maximum atomic E-state index is 12.4. The molecule has 144 valence electrons. The van der Waals surface area contributed by atoms with Crippen molar-refractivity contribution in [2.45, 2.75) is 25.8 Å². The Labute approximate surface area is 159 Å². The first-order valence-corrected chi connectivity index (χ1v) is 10.5. The second kappa shape index (κ2) is 9.33. The van der Waals surface area contributed by atoms with Crippen LogP contribution in [0.2, 0.25) is 0 Å². The number of amides is 1. The van der Waals surface area contributed by atoms with Crippen LogP contribution in [-0.4, -0.2) is 55.9 Å². The summed E-state index contributed by atoms with van der Waals surface area (Å²) in [7, 11) is -3.10.